The fourth-order valence-electron chi connectivity index (χ4n) is 2.43. The number of unbranched alkanes of at least 4 members (excludes halogenated alkanes) is 2. The molecule has 4 heteroatoms. The van der Waals surface area contributed by atoms with E-state index < -0.39 is 0 Å². The van der Waals surface area contributed by atoms with E-state index in [4.69, 9.17) is 5.73 Å². The van der Waals surface area contributed by atoms with Gasteiger partial charge in [-0.1, -0.05) is 19.3 Å². The summed E-state index contributed by atoms with van der Waals surface area (Å²) in [5.41, 5.74) is 5.43. The summed E-state index contributed by atoms with van der Waals surface area (Å²) < 4.78 is 0. The molecule has 17 heavy (non-hydrogen) atoms. The van der Waals surface area contributed by atoms with Gasteiger partial charge >= 0.3 is 0 Å². The Morgan fingerprint density at radius 3 is 2.76 bits per heavy atom. The Hall–Kier alpha value is -0.220. The summed E-state index contributed by atoms with van der Waals surface area (Å²) in [5, 5.41) is 3.83. The first-order chi connectivity index (χ1) is 8.27. The quantitative estimate of drug-likeness (QED) is 0.689. The molecule has 0 bridgehead atoms. The minimum Gasteiger partial charge on any atom is -0.352 e. The fourth-order valence-corrected chi connectivity index (χ4v) is 3.36. The average Bonchev–Trinajstić information content (AvgIpc) is 2.35. The molecule has 3 nitrogen and oxygen atoms in total. The summed E-state index contributed by atoms with van der Waals surface area (Å²) in [6, 6.07) is 0.403. The van der Waals surface area contributed by atoms with E-state index >= 15 is 0 Å². The smallest absolute Gasteiger partial charge is 0.220 e. The summed E-state index contributed by atoms with van der Waals surface area (Å²) in [6.45, 7) is 0.735. The zero-order chi connectivity index (χ0) is 12.5. The second-order valence-corrected chi connectivity index (χ2v) is 5.91. The molecule has 1 amide bonds. The van der Waals surface area contributed by atoms with Gasteiger partial charge in [0.1, 0.15) is 0 Å². The zero-order valence-corrected chi connectivity index (χ0v) is 11.7. The number of hydrogen-bond acceptors (Lipinski definition) is 3. The summed E-state index contributed by atoms with van der Waals surface area (Å²) in [7, 11) is 0. The van der Waals surface area contributed by atoms with Crippen molar-refractivity contribution in [3.8, 4) is 0 Å². The Kier molecular flexibility index (Phi) is 7.69. The molecule has 1 aliphatic rings. The number of carbonyl (C=O) groups is 1. The van der Waals surface area contributed by atoms with Crippen LogP contribution in [0.5, 0.6) is 0 Å². The van der Waals surface area contributed by atoms with Crippen LogP contribution in [0.3, 0.4) is 0 Å². The molecule has 2 atom stereocenters. The van der Waals surface area contributed by atoms with Crippen molar-refractivity contribution in [1.29, 1.82) is 0 Å². The molecule has 0 aromatic rings. The topological polar surface area (TPSA) is 55.1 Å². The van der Waals surface area contributed by atoms with Gasteiger partial charge in [-0.25, -0.2) is 0 Å². The second kappa shape index (κ2) is 8.81. The third kappa shape index (κ3) is 5.77. The fraction of sp³-hybridized carbons (Fsp3) is 0.923. The van der Waals surface area contributed by atoms with E-state index in [0.717, 1.165) is 32.2 Å². The standard InChI is InChI=1S/C13H26N2OS/c1-17-12-8-5-4-7-11(12)15-13(16)9-3-2-6-10-14/h11-12H,2-10,14H2,1H3,(H,15,16). The molecule has 0 heterocycles. The normalized spacial score (nSPS) is 24.6. The van der Waals surface area contributed by atoms with Gasteiger partial charge in [0.25, 0.3) is 0 Å². The number of nitrogens with two attached hydrogens (primary N) is 1. The maximum atomic E-state index is 11.8. The Bertz CT molecular complexity index is 223. The molecular weight excluding hydrogens is 232 g/mol. The van der Waals surface area contributed by atoms with Crippen LogP contribution in [0.4, 0.5) is 0 Å². The van der Waals surface area contributed by atoms with Crippen LogP contribution in [0.15, 0.2) is 0 Å². The highest BCUT2D eigenvalue weighted by Gasteiger charge is 2.25. The molecule has 0 aromatic carbocycles. The molecular formula is C13H26N2OS. The minimum atomic E-state index is 0.230. The SMILES string of the molecule is CSC1CCCCC1NC(=O)CCCCCN. The largest absolute Gasteiger partial charge is 0.352 e. The summed E-state index contributed by atoms with van der Waals surface area (Å²) in [4.78, 5) is 11.8. The molecule has 0 spiro atoms. The lowest BCUT2D eigenvalue weighted by Crippen LogP contribution is -2.43. The minimum absolute atomic E-state index is 0.230. The predicted octanol–water partition coefficient (Wildman–Crippen LogP) is 2.30. The van der Waals surface area contributed by atoms with Crippen LogP contribution in [0.1, 0.15) is 51.4 Å². The second-order valence-electron chi connectivity index (χ2n) is 4.83. The highest BCUT2D eigenvalue weighted by atomic mass is 32.2. The molecule has 0 saturated heterocycles. The van der Waals surface area contributed by atoms with Crippen molar-refractivity contribution >= 4 is 17.7 Å². The Morgan fingerprint density at radius 2 is 2.06 bits per heavy atom. The van der Waals surface area contributed by atoms with Crippen molar-refractivity contribution < 1.29 is 4.79 Å². The Labute approximate surface area is 109 Å². The van der Waals surface area contributed by atoms with E-state index in [-0.39, 0.29) is 5.91 Å². The first kappa shape index (κ1) is 14.8. The van der Waals surface area contributed by atoms with E-state index in [1.165, 1.54) is 19.3 Å². The van der Waals surface area contributed by atoms with Gasteiger partial charge in [-0.2, -0.15) is 11.8 Å². The molecule has 100 valence electrons. The van der Waals surface area contributed by atoms with E-state index in [0.29, 0.717) is 17.7 Å². The molecule has 0 aliphatic heterocycles. The third-order valence-corrected chi connectivity index (χ3v) is 4.63. The van der Waals surface area contributed by atoms with Gasteiger partial charge in [-0.15, -0.1) is 0 Å². The maximum Gasteiger partial charge on any atom is 0.220 e. The summed E-state index contributed by atoms with van der Waals surface area (Å²) in [6.07, 6.45) is 10.9. The molecule has 3 N–H and O–H groups in total. The first-order valence-corrected chi connectivity index (χ1v) is 8.09. The van der Waals surface area contributed by atoms with Gasteiger partial charge < -0.3 is 11.1 Å². The van der Waals surface area contributed by atoms with Crippen molar-refractivity contribution in [3.63, 3.8) is 0 Å². The van der Waals surface area contributed by atoms with Crippen molar-refractivity contribution in [1.82, 2.24) is 5.32 Å². The molecule has 2 unspecified atom stereocenters. The lowest BCUT2D eigenvalue weighted by Gasteiger charge is -2.30. The lowest BCUT2D eigenvalue weighted by molar-refractivity contribution is -0.122. The number of thioether (sulfide) groups is 1. The maximum absolute atomic E-state index is 11.8. The molecule has 0 aromatic heterocycles. The van der Waals surface area contributed by atoms with E-state index in [1.807, 2.05) is 11.8 Å². The van der Waals surface area contributed by atoms with E-state index in [1.54, 1.807) is 0 Å². The van der Waals surface area contributed by atoms with Crippen LogP contribution in [0.25, 0.3) is 0 Å². The van der Waals surface area contributed by atoms with Crippen LogP contribution >= 0.6 is 11.8 Å². The number of carbonyl (C=O) groups excluding carboxylic acids is 1. The number of rotatable bonds is 7. The van der Waals surface area contributed by atoms with Crippen molar-refractivity contribution in [2.75, 3.05) is 12.8 Å². The number of hydrogen-bond donors (Lipinski definition) is 2. The van der Waals surface area contributed by atoms with Crippen molar-refractivity contribution in [2.45, 2.75) is 62.7 Å². The summed E-state index contributed by atoms with van der Waals surface area (Å²) in [5.74, 6) is 0.230. The van der Waals surface area contributed by atoms with Crippen LogP contribution in [-0.2, 0) is 4.79 Å². The van der Waals surface area contributed by atoms with Gasteiger partial charge in [0.05, 0.1) is 0 Å². The highest BCUT2D eigenvalue weighted by molar-refractivity contribution is 7.99. The van der Waals surface area contributed by atoms with Gasteiger partial charge in [0.2, 0.25) is 5.91 Å². The zero-order valence-electron chi connectivity index (χ0n) is 10.9. The van der Waals surface area contributed by atoms with E-state index in [2.05, 4.69) is 11.6 Å². The predicted molar refractivity (Wildman–Crippen MR) is 75.2 cm³/mol. The van der Waals surface area contributed by atoms with Gasteiger partial charge in [0.15, 0.2) is 0 Å². The summed E-state index contributed by atoms with van der Waals surface area (Å²) >= 11 is 1.90. The number of nitrogens with one attached hydrogen (secondary N) is 1. The van der Waals surface area contributed by atoms with Gasteiger partial charge in [-0.3, -0.25) is 4.79 Å². The Morgan fingerprint density at radius 1 is 1.29 bits per heavy atom. The average molecular weight is 258 g/mol. The molecule has 1 fully saturated rings. The molecule has 0 radical (unpaired) electrons. The molecule has 1 rings (SSSR count). The Balaban J connectivity index is 2.19. The number of amides is 1. The van der Waals surface area contributed by atoms with Crippen molar-refractivity contribution in [3.05, 3.63) is 0 Å². The van der Waals surface area contributed by atoms with Gasteiger partial charge in [0, 0.05) is 17.7 Å². The van der Waals surface area contributed by atoms with E-state index in [9.17, 15) is 4.79 Å². The highest BCUT2D eigenvalue weighted by Crippen LogP contribution is 2.27. The van der Waals surface area contributed by atoms with Crippen LogP contribution < -0.4 is 11.1 Å². The molecule has 1 aliphatic carbocycles. The van der Waals surface area contributed by atoms with Crippen LogP contribution in [-0.4, -0.2) is 30.0 Å². The van der Waals surface area contributed by atoms with Crippen LogP contribution in [0.2, 0.25) is 0 Å². The van der Waals surface area contributed by atoms with Gasteiger partial charge in [-0.05, 0) is 38.5 Å². The van der Waals surface area contributed by atoms with Crippen LogP contribution in [0, 0.1) is 0 Å². The third-order valence-electron chi connectivity index (χ3n) is 3.46. The lowest BCUT2D eigenvalue weighted by atomic mass is 9.94. The molecule has 1 saturated carbocycles. The monoisotopic (exact) mass is 258 g/mol. The first-order valence-electron chi connectivity index (χ1n) is 6.80. The van der Waals surface area contributed by atoms with Crippen molar-refractivity contribution in [2.24, 2.45) is 5.73 Å².